The number of ether oxygens (including phenoxy) is 2. The summed E-state index contributed by atoms with van der Waals surface area (Å²) < 4.78 is 16.5. The molecule has 0 aromatic carbocycles. The van der Waals surface area contributed by atoms with Gasteiger partial charge in [-0.05, 0) is 32.4 Å². The van der Waals surface area contributed by atoms with Crippen molar-refractivity contribution in [2.45, 2.75) is 38.8 Å². The Bertz CT molecular complexity index is 683. The predicted molar refractivity (Wildman–Crippen MR) is 85.7 cm³/mol. The highest BCUT2D eigenvalue weighted by molar-refractivity contribution is 5.78. The summed E-state index contributed by atoms with van der Waals surface area (Å²) in [6, 6.07) is 5.40. The zero-order valence-electron chi connectivity index (χ0n) is 13.8. The Morgan fingerprint density at radius 1 is 1.38 bits per heavy atom. The lowest BCUT2D eigenvalue weighted by atomic mass is 10.1. The van der Waals surface area contributed by atoms with E-state index in [1.165, 1.54) is 0 Å². The Balaban J connectivity index is 1.59. The zero-order valence-corrected chi connectivity index (χ0v) is 13.8. The van der Waals surface area contributed by atoms with Crippen molar-refractivity contribution >= 4 is 5.91 Å². The van der Waals surface area contributed by atoms with Gasteiger partial charge in [-0.1, -0.05) is 5.16 Å². The molecule has 1 fully saturated rings. The minimum absolute atomic E-state index is 0.114. The molecule has 7 heteroatoms. The maximum atomic E-state index is 12.2. The van der Waals surface area contributed by atoms with Gasteiger partial charge in [0, 0.05) is 18.4 Å². The molecular formula is C17H21N3O4. The zero-order chi connectivity index (χ0) is 16.9. The van der Waals surface area contributed by atoms with Crippen LogP contribution in [0.2, 0.25) is 0 Å². The van der Waals surface area contributed by atoms with E-state index in [4.69, 9.17) is 14.0 Å². The van der Waals surface area contributed by atoms with Gasteiger partial charge in [-0.15, -0.1) is 0 Å². The van der Waals surface area contributed by atoms with Crippen molar-refractivity contribution in [1.29, 1.82) is 0 Å². The highest BCUT2D eigenvalue weighted by Gasteiger charge is 2.29. The smallest absolute Gasteiger partial charge is 0.228 e. The second kappa shape index (κ2) is 7.44. The van der Waals surface area contributed by atoms with Crippen LogP contribution in [0.5, 0.6) is 5.75 Å². The summed E-state index contributed by atoms with van der Waals surface area (Å²) >= 11 is 0. The first-order chi connectivity index (χ1) is 11.6. The molecule has 1 amide bonds. The summed E-state index contributed by atoms with van der Waals surface area (Å²) in [5, 5.41) is 6.79. The molecular weight excluding hydrogens is 310 g/mol. The van der Waals surface area contributed by atoms with Crippen LogP contribution in [0.4, 0.5) is 0 Å². The van der Waals surface area contributed by atoms with Crippen LogP contribution in [0.15, 0.2) is 28.9 Å². The molecule has 2 aromatic rings. The molecule has 0 saturated carbocycles. The Labute approximate surface area is 140 Å². The first-order valence-corrected chi connectivity index (χ1v) is 7.99. The van der Waals surface area contributed by atoms with Gasteiger partial charge < -0.3 is 19.3 Å². The molecule has 1 N–H and O–H groups in total. The summed E-state index contributed by atoms with van der Waals surface area (Å²) in [4.78, 5) is 16.4. The van der Waals surface area contributed by atoms with Crippen molar-refractivity contribution in [2.75, 3.05) is 13.2 Å². The second-order valence-corrected chi connectivity index (χ2v) is 5.94. The monoisotopic (exact) mass is 331 g/mol. The highest BCUT2D eigenvalue weighted by atomic mass is 16.5. The van der Waals surface area contributed by atoms with Gasteiger partial charge in [-0.2, -0.15) is 0 Å². The standard InChI is InChI=1S/C17H21N3O4/c1-11-3-4-13(9-18-11)23-16-10-22-6-5-15(16)19-17(21)8-14-7-12(2)20-24-14/h3-4,7,9,15-16H,5-6,8,10H2,1-2H3,(H,19,21)/t15-,16+/m0/s1. The topological polar surface area (TPSA) is 86.5 Å². The first kappa shape index (κ1) is 16.4. The molecule has 3 heterocycles. The van der Waals surface area contributed by atoms with E-state index in [0.29, 0.717) is 31.1 Å². The number of nitrogens with zero attached hydrogens (tertiary/aromatic N) is 2. The Hall–Kier alpha value is -2.41. The number of hydrogen-bond acceptors (Lipinski definition) is 6. The van der Waals surface area contributed by atoms with Crippen LogP contribution in [0.1, 0.15) is 23.6 Å². The van der Waals surface area contributed by atoms with Crippen LogP contribution in [0.25, 0.3) is 0 Å². The number of pyridine rings is 1. The summed E-state index contributed by atoms with van der Waals surface area (Å²) in [5.74, 6) is 1.10. The fraction of sp³-hybridized carbons (Fsp3) is 0.471. The highest BCUT2D eigenvalue weighted by Crippen LogP contribution is 2.17. The maximum Gasteiger partial charge on any atom is 0.228 e. The van der Waals surface area contributed by atoms with Gasteiger partial charge in [0.15, 0.2) is 0 Å². The number of carbonyl (C=O) groups excluding carboxylic acids is 1. The molecule has 1 saturated heterocycles. The van der Waals surface area contributed by atoms with E-state index < -0.39 is 0 Å². The fourth-order valence-electron chi connectivity index (χ4n) is 2.61. The molecule has 0 bridgehead atoms. The van der Waals surface area contributed by atoms with Crippen molar-refractivity contribution in [2.24, 2.45) is 0 Å². The third kappa shape index (κ3) is 4.32. The molecule has 7 nitrogen and oxygen atoms in total. The number of nitrogens with one attached hydrogen (secondary N) is 1. The molecule has 2 atom stereocenters. The van der Waals surface area contributed by atoms with Crippen molar-refractivity contribution in [1.82, 2.24) is 15.5 Å². The van der Waals surface area contributed by atoms with Crippen molar-refractivity contribution in [3.63, 3.8) is 0 Å². The number of aromatic nitrogens is 2. The molecule has 3 rings (SSSR count). The van der Waals surface area contributed by atoms with Crippen LogP contribution in [-0.2, 0) is 16.0 Å². The third-order valence-corrected chi connectivity index (χ3v) is 3.83. The Morgan fingerprint density at radius 3 is 2.96 bits per heavy atom. The van der Waals surface area contributed by atoms with Crippen molar-refractivity contribution < 1.29 is 18.8 Å². The average Bonchev–Trinajstić information content (AvgIpc) is 2.96. The van der Waals surface area contributed by atoms with Crippen LogP contribution < -0.4 is 10.1 Å². The normalized spacial score (nSPS) is 20.6. The lowest BCUT2D eigenvalue weighted by molar-refractivity contribution is -0.123. The van der Waals surface area contributed by atoms with Crippen LogP contribution in [-0.4, -0.2) is 41.4 Å². The fourth-order valence-corrected chi connectivity index (χ4v) is 2.61. The van der Waals surface area contributed by atoms with Gasteiger partial charge in [0.25, 0.3) is 0 Å². The molecule has 24 heavy (non-hydrogen) atoms. The SMILES string of the molecule is Cc1ccc(O[C@@H]2COCC[C@@H]2NC(=O)Cc2cc(C)no2)cn1. The first-order valence-electron chi connectivity index (χ1n) is 7.99. The molecule has 0 unspecified atom stereocenters. The van der Waals surface area contributed by atoms with E-state index >= 15 is 0 Å². The predicted octanol–water partition coefficient (Wildman–Crippen LogP) is 1.58. The van der Waals surface area contributed by atoms with Crippen LogP contribution in [0, 0.1) is 13.8 Å². The van der Waals surface area contributed by atoms with E-state index in [0.717, 1.165) is 11.4 Å². The molecule has 128 valence electrons. The van der Waals surface area contributed by atoms with Gasteiger partial charge in [-0.25, -0.2) is 0 Å². The third-order valence-electron chi connectivity index (χ3n) is 3.83. The summed E-state index contributed by atoms with van der Waals surface area (Å²) in [6.07, 6.45) is 2.30. The Morgan fingerprint density at radius 2 is 2.25 bits per heavy atom. The number of carbonyl (C=O) groups is 1. The maximum absolute atomic E-state index is 12.2. The van der Waals surface area contributed by atoms with Crippen LogP contribution >= 0.6 is 0 Å². The van der Waals surface area contributed by atoms with Gasteiger partial charge in [0.05, 0.1) is 31.0 Å². The molecule has 1 aliphatic rings. The number of aryl methyl sites for hydroxylation is 2. The average molecular weight is 331 g/mol. The molecule has 0 radical (unpaired) electrons. The van der Waals surface area contributed by atoms with Gasteiger partial charge >= 0.3 is 0 Å². The van der Waals surface area contributed by atoms with Gasteiger partial charge in [0.1, 0.15) is 17.6 Å². The van der Waals surface area contributed by atoms with Gasteiger partial charge in [0.2, 0.25) is 5.91 Å². The van der Waals surface area contributed by atoms with E-state index in [9.17, 15) is 4.79 Å². The molecule has 0 spiro atoms. The van der Waals surface area contributed by atoms with Crippen molar-refractivity contribution in [3.8, 4) is 5.75 Å². The molecule has 0 aliphatic carbocycles. The van der Waals surface area contributed by atoms with E-state index in [1.807, 2.05) is 26.0 Å². The second-order valence-electron chi connectivity index (χ2n) is 5.94. The quantitative estimate of drug-likeness (QED) is 0.895. The largest absolute Gasteiger partial charge is 0.484 e. The minimum Gasteiger partial charge on any atom is -0.484 e. The van der Waals surface area contributed by atoms with E-state index in [1.54, 1.807) is 12.3 Å². The number of amides is 1. The summed E-state index contributed by atoms with van der Waals surface area (Å²) in [7, 11) is 0. The number of hydrogen-bond donors (Lipinski definition) is 1. The summed E-state index contributed by atoms with van der Waals surface area (Å²) in [5.41, 5.74) is 1.69. The van der Waals surface area contributed by atoms with E-state index in [2.05, 4.69) is 15.5 Å². The molecule has 1 aliphatic heterocycles. The lowest BCUT2D eigenvalue weighted by Crippen LogP contribution is -2.51. The Kier molecular flexibility index (Phi) is 5.10. The summed E-state index contributed by atoms with van der Waals surface area (Å²) in [6.45, 7) is 4.77. The van der Waals surface area contributed by atoms with Crippen LogP contribution in [0.3, 0.4) is 0 Å². The van der Waals surface area contributed by atoms with Crippen molar-refractivity contribution in [3.05, 3.63) is 41.5 Å². The molecule has 2 aromatic heterocycles. The number of rotatable bonds is 5. The van der Waals surface area contributed by atoms with Gasteiger partial charge in [-0.3, -0.25) is 9.78 Å². The lowest BCUT2D eigenvalue weighted by Gasteiger charge is -2.32. The minimum atomic E-state index is -0.247. The van der Waals surface area contributed by atoms with E-state index in [-0.39, 0.29) is 24.5 Å².